The van der Waals surface area contributed by atoms with Crippen molar-refractivity contribution >= 4 is 17.8 Å². The second-order valence-electron chi connectivity index (χ2n) is 7.70. The Hall–Kier alpha value is -3.28. The van der Waals surface area contributed by atoms with E-state index in [0.717, 1.165) is 35.7 Å². The van der Waals surface area contributed by atoms with E-state index in [1.54, 1.807) is 6.07 Å². The van der Waals surface area contributed by atoms with Crippen molar-refractivity contribution in [1.29, 1.82) is 0 Å². The van der Waals surface area contributed by atoms with Crippen LogP contribution in [0.25, 0.3) is 6.08 Å². The molecule has 2 aliphatic carbocycles. The van der Waals surface area contributed by atoms with Gasteiger partial charge in [0.05, 0.1) is 0 Å². The molecule has 1 amide bonds. The first-order valence-corrected chi connectivity index (χ1v) is 9.65. The van der Waals surface area contributed by atoms with Crippen molar-refractivity contribution < 1.29 is 13.6 Å². The van der Waals surface area contributed by atoms with Crippen LogP contribution in [0.3, 0.4) is 0 Å². The van der Waals surface area contributed by atoms with Gasteiger partial charge in [0.25, 0.3) is 0 Å². The van der Waals surface area contributed by atoms with Crippen molar-refractivity contribution in [3.05, 3.63) is 88.6 Å². The summed E-state index contributed by atoms with van der Waals surface area (Å²) in [6.07, 6.45) is 6.21. The molecular formula is C23H19F2N3O. The third kappa shape index (κ3) is 3.05. The molecule has 1 atom stereocenters. The molecule has 0 aliphatic heterocycles. The number of nitrogens with one attached hydrogen (secondary N) is 2. The molecule has 146 valence electrons. The zero-order chi connectivity index (χ0) is 20.0. The average molecular weight is 391 g/mol. The third-order valence-electron chi connectivity index (χ3n) is 5.79. The molecule has 1 saturated carbocycles. The molecule has 1 aromatic heterocycles. The highest BCUT2D eigenvalue weighted by Crippen LogP contribution is 2.43. The minimum atomic E-state index is -0.876. The fourth-order valence-corrected chi connectivity index (χ4v) is 4.00. The van der Waals surface area contributed by atoms with Gasteiger partial charge in [-0.25, -0.2) is 8.78 Å². The van der Waals surface area contributed by atoms with Crippen LogP contribution in [0, 0.1) is 17.6 Å². The Morgan fingerprint density at radius 3 is 2.59 bits per heavy atom. The molecule has 5 rings (SSSR count). The number of rotatable bonds is 4. The zero-order valence-electron chi connectivity index (χ0n) is 15.6. The van der Waals surface area contributed by atoms with Crippen molar-refractivity contribution in [3.63, 3.8) is 0 Å². The van der Waals surface area contributed by atoms with Gasteiger partial charge >= 0.3 is 0 Å². The number of aromatic nitrogens is 2. The van der Waals surface area contributed by atoms with Gasteiger partial charge in [-0.3, -0.25) is 9.89 Å². The fourth-order valence-electron chi connectivity index (χ4n) is 4.00. The summed E-state index contributed by atoms with van der Waals surface area (Å²) in [7, 11) is 0. The highest BCUT2D eigenvalue weighted by Gasteiger charge is 2.38. The number of benzene rings is 2. The summed E-state index contributed by atoms with van der Waals surface area (Å²) in [6, 6.07) is 13.8. The number of allylic oxidation sites excluding steroid dienone is 1. The smallest absolute Gasteiger partial charge is 0.228 e. The Balaban J connectivity index is 1.58. The fraction of sp³-hybridized carbons (Fsp3) is 0.217. The summed E-state index contributed by atoms with van der Waals surface area (Å²) in [5, 5.41) is 10.2. The van der Waals surface area contributed by atoms with Crippen LogP contribution in [0.4, 0.5) is 14.6 Å². The van der Waals surface area contributed by atoms with Gasteiger partial charge in [-0.05, 0) is 36.1 Å². The molecule has 0 saturated heterocycles. The standard InChI is InChI=1S/C23H19F2N3O/c24-18-9-8-16(12-19(18)25)23(15-4-2-1-3-5-15)11-10-17-20(13-23)27-28-21(17)26-22(29)14-6-7-14/h1-5,8-12,14H,6-7,13H2,(H2,26,27,28,29). The van der Waals surface area contributed by atoms with Crippen LogP contribution < -0.4 is 5.32 Å². The molecular weight excluding hydrogens is 372 g/mol. The van der Waals surface area contributed by atoms with Gasteiger partial charge in [0.2, 0.25) is 5.91 Å². The summed E-state index contributed by atoms with van der Waals surface area (Å²) >= 11 is 0. The van der Waals surface area contributed by atoms with Gasteiger partial charge in [0.1, 0.15) is 0 Å². The quantitative estimate of drug-likeness (QED) is 0.683. The Morgan fingerprint density at radius 2 is 1.86 bits per heavy atom. The van der Waals surface area contributed by atoms with Gasteiger partial charge < -0.3 is 5.32 Å². The van der Waals surface area contributed by atoms with E-state index in [1.807, 2.05) is 42.5 Å². The Labute approximate surface area is 166 Å². The second-order valence-corrected chi connectivity index (χ2v) is 7.70. The summed E-state index contributed by atoms with van der Waals surface area (Å²) in [4.78, 5) is 12.1. The van der Waals surface area contributed by atoms with Gasteiger partial charge in [0, 0.05) is 29.0 Å². The van der Waals surface area contributed by atoms with Crippen LogP contribution in [-0.2, 0) is 16.6 Å². The van der Waals surface area contributed by atoms with E-state index in [9.17, 15) is 13.6 Å². The van der Waals surface area contributed by atoms with Crippen molar-refractivity contribution in [2.45, 2.75) is 24.7 Å². The predicted octanol–water partition coefficient (Wildman–Crippen LogP) is 4.59. The van der Waals surface area contributed by atoms with Crippen LogP contribution in [0.15, 0.2) is 54.6 Å². The number of carbonyl (C=O) groups excluding carboxylic acids is 1. The Kier molecular flexibility index (Phi) is 4.08. The number of halogens is 2. The summed E-state index contributed by atoms with van der Waals surface area (Å²) < 4.78 is 27.7. The number of fused-ring (bicyclic) bond motifs is 1. The van der Waals surface area contributed by atoms with Crippen LogP contribution in [0.1, 0.15) is 35.2 Å². The number of carbonyl (C=O) groups is 1. The Morgan fingerprint density at radius 1 is 1.07 bits per heavy atom. The van der Waals surface area contributed by atoms with Crippen molar-refractivity contribution in [2.75, 3.05) is 5.32 Å². The maximum Gasteiger partial charge on any atom is 0.228 e. The maximum atomic E-state index is 14.1. The van der Waals surface area contributed by atoms with Gasteiger partial charge in [-0.2, -0.15) is 5.10 Å². The second kappa shape index (κ2) is 6.65. The SMILES string of the molecule is O=C(Nc1n[nH]c2c1C=CC(c1ccccc1)(c1ccc(F)c(F)c1)C2)C1CC1. The first-order valence-electron chi connectivity index (χ1n) is 9.65. The number of nitrogens with zero attached hydrogens (tertiary/aromatic N) is 1. The average Bonchev–Trinajstić information content (AvgIpc) is 3.53. The van der Waals surface area contributed by atoms with Crippen LogP contribution in [0.5, 0.6) is 0 Å². The normalized spacial score (nSPS) is 20.3. The van der Waals surface area contributed by atoms with Gasteiger partial charge in [-0.15, -0.1) is 0 Å². The molecule has 1 unspecified atom stereocenters. The summed E-state index contributed by atoms with van der Waals surface area (Å²) in [5.41, 5.74) is 2.61. The molecule has 1 heterocycles. The van der Waals surface area contributed by atoms with Crippen molar-refractivity contribution in [2.24, 2.45) is 5.92 Å². The number of hydrogen-bond acceptors (Lipinski definition) is 2. The third-order valence-corrected chi connectivity index (χ3v) is 5.79. The van der Waals surface area contributed by atoms with Crippen LogP contribution in [0.2, 0.25) is 0 Å². The van der Waals surface area contributed by atoms with E-state index in [0.29, 0.717) is 17.8 Å². The first kappa shape index (κ1) is 17.8. The van der Waals surface area contributed by atoms with Crippen molar-refractivity contribution in [1.82, 2.24) is 10.2 Å². The lowest BCUT2D eigenvalue weighted by Gasteiger charge is -2.34. The maximum absolute atomic E-state index is 14.1. The molecule has 4 nitrogen and oxygen atoms in total. The van der Waals surface area contributed by atoms with E-state index >= 15 is 0 Å². The molecule has 6 heteroatoms. The van der Waals surface area contributed by atoms with E-state index in [4.69, 9.17) is 0 Å². The minimum absolute atomic E-state index is 0.00629. The highest BCUT2D eigenvalue weighted by atomic mass is 19.2. The molecule has 0 bridgehead atoms. The summed E-state index contributed by atoms with van der Waals surface area (Å²) in [6.45, 7) is 0. The van der Waals surface area contributed by atoms with Crippen LogP contribution >= 0.6 is 0 Å². The molecule has 1 fully saturated rings. The zero-order valence-corrected chi connectivity index (χ0v) is 15.6. The lowest BCUT2D eigenvalue weighted by Crippen LogP contribution is -2.31. The molecule has 2 N–H and O–H groups in total. The van der Waals surface area contributed by atoms with Gasteiger partial charge in [0.15, 0.2) is 17.5 Å². The van der Waals surface area contributed by atoms with E-state index < -0.39 is 17.0 Å². The van der Waals surface area contributed by atoms with Crippen molar-refractivity contribution in [3.8, 4) is 0 Å². The first-order chi connectivity index (χ1) is 14.1. The number of hydrogen-bond donors (Lipinski definition) is 2. The number of H-pyrrole nitrogens is 1. The highest BCUT2D eigenvalue weighted by molar-refractivity contribution is 5.95. The number of amides is 1. The molecule has 29 heavy (non-hydrogen) atoms. The minimum Gasteiger partial charge on any atom is -0.308 e. The number of aromatic amines is 1. The molecule has 2 aromatic carbocycles. The molecule has 3 aromatic rings. The molecule has 0 radical (unpaired) electrons. The van der Waals surface area contributed by atoms with E-state index in [2.05, 4.69) is 15.5 Å². The van der Waals surface area contributed by atoms with Gasteiger partial charge in [-0.1, -0.05) is 48.6 Å². The lowest BCUT2D eigenvalue weighted by atomic mass is 9.68. The number of anilines is 1. The largest absolute Gasteiger partial charge is 0.308 e. The van der Waals surface area contributed by atoms with Crippen LogP contribution in [-0.4, -0.2) is 16.1 Å². The van der Waals surface area contributed by atoms with E-state index in [-0.39, 0.29) is 11.8 Å². The summed E-state index contributed by atoms with van der Waals surface area (Å²) in [5.74, 6) is -1.16. The monoisotopic (exact) mass is 391 g/mol. The molecule has 2 aliphatic rings. The Bertz CT molecular complexity index is 1120. The topological polar surface area (TPSA) is 57.8 Å². The van der Waals surface area contributed by atoms with E-state index in [1.165, 1.54) is 6.07 Å². The molecule has 0 spiro atoms. The predicted molar refractivity (Wildman–Crippen MR) is 106 cm³/mol. The lowest BCUT2D eigenvalue weighted by molar-refractivity contribution is -0.117.